The molecular weight excluding hydrogens is 324 g/mol. The molecule has 2 heterocycles. The zero-order valence-electron chi connectivity index (χ0n) is 14.7. The van der Waals surface area contributed by atoms with Crippen molar-refractivity contribution >= 4 is 17.9 Å². The topological polar surface area (TPSA) is 91.8 Å². The third kappa shape index (κ3) is 4.68. The lowest BCUT2D eigenvalue weighted by atomic mass is 10.2. The molecule has 8 heteroatoms. The summed E-state index contributed by atoms with van der Waals surface area (Å²) in [7, 11) is 1.28. The minimum atomic E-state index is -0.513. The predicted molar refractivity (Wildman–Crippen MR) is 90.9 cm³/mol. The number of hydrogen-bond acceptors (Lipinski definition) is 5. The highest BCUT2D eigenvalue weighted by molar-refractivity contribution is 5.95. The molecule has 0 saturated carbocycles. The number of hydrogen-bond donors (Lipinski definition) is 1. The van der Waals surface area contributed by atoms with Crippen molar-refractivity contribution in [3.8, 4) is 0 Å². The Kier molecular flexibility index (Phi) is 6.73. The summed E-state index contributed by atoms with van der Waals surface area (Å²) in [4.78, 5) is 40.3. The molecule has 0 radical (unpaired) electrons. The standard InChI is InChI=1S/C17H24N4O4/c1-3-4-5-9-18-17(24)21-11-6-10-20(21)15(22)14-8-7-13(12-19-14)16(23)25-2/h7-8,12H,3-6,9-11H2,1-2H3,(H,18,24). The van der Waals surface area contributed by atoms with Gasteiger partial charge in [-0.15, -0.1) is 0 Å². The molecule has 1 saturated heterocycles. The first-order chi connectivity index (χ1) is 12.1. The first-order valence-corrected chi connectivity index (χ1v) is 8.50. The largest absolute Gasteiger partial charge is 0.465 e. The van der Waals surface area contributed by atoms with Crippen LogP contribution in [0.3, 0.4) is 0 Å². The SMILES string of the molecule is CCCCCNC(=O)N1CCCN1C(=O)c1ccc(C(=O)OC)cn1. The number of carbonyl (C=O) groups excluding carboxylic acids is 3. The van der Waals surface area contributed by atoms with Crippen molar-refractivity contribution in [2.45, 2.75) is 32.6 Å². The summed E-state index contributed by atoms with van der Waals surface area (Å²) < 4.78 is 4.60. The fourth-order valence-corrected chi connectivity index (χ4v) is 2.59. The van der Waals surface area contributed by atoms with Crippen LogP contribution in [0.1, 0.15) is 53.5 Å². The van der Waals surface area contributed by atoms with Crippen LogP contribution >= 0.6 is 0 Å². The first-order valence-electron chi connectivity index (χ1n) is 8.50. The Labute approximate surface area is 147 Å². The monoisotopic (exact) mass is 348 g/mol. The molecule has 3 amide bonds. The molecule has 1 N–H and O–H groups in total. The van der Waals surface area contributed by atoms with E-state index in [2.05, 4.69) is 22.0 Å². The average Bonchev–Trinajstić information content (AvgIpc) is 3.14. The van der Waals surface area contributed by atoms with Crippen LogP contribution in [0.25, 0.3) is 0 Å². The van der Waals surface area contributed by atoms with Gasteiger partial charge in [-0.3, -0.25) is 9.78 Å². The smallest absolute Gasteiger partial charge is 0.339 e. The second-order valence-corrected chi connectivity index (χ2v) is 5.77. The van der Waals surface area contributed by atoms with Crippen molar-refractivity contribution in [1.29, 1.82) is 0 Å². The van der Waals surface area contributed by atoms with Gasteiger partial charge in [0.1, 0.15) is 5.69 Å². The van der Waals surface area contributed by atoms with Gasteiger partial charge in [-0.05, 0) is 25.0 Å². The van der Waals surface area contributed by atoms with Gasteiger partial charge in [-0.1, -0.05) is 19.8 Å². The van der Waals surface area contributed by atoms with E-state index in [9.17, 15) is 14.4 Å². The first kappa shape index (κ1) is 18.7. The molecule has 1 aliphatic rings. The zero-order valence-corrected chi connectivity index (χ0v) is 14.7. The lowest BCUT2D eigenvalue weighted by molar-refractivity contribution is 0.0370. The maximum absolute atomic E-state index is 12.6. The van der Waals surface area contributed by atoms with Crippen LogP contribution in [0, 0.1) is 0 Å². The molecule has 0 spiro atoms. The average molecular weight is 348 g/mol. The van der Waals surface area contributed by atoms with Gasteiger partial charge in [0, 0.05) is 25.8 Å². The van der Waals surface area contributed by atoms with Crippen molar-refractivity contribution in [1.82, 2.24) is 20.3 Å². The fraction of sp³-hybridized carbons (Fsp3) is 0.529. The highest BCUT2D eigenvalue weighted by atomic mass is 16.5. The minimum Gasteiger partial charge on any atom is -0.465 e. The number of aromatic nitrogens is 1. The van der Waals surface area contributed by atoms with Crippen LogP contribution in [0.4, 0.5) is 4.79 Å². The van der Waals surface area contributed by atoms with Crippen LogP contribution in [-0.2, 0) is 4.74 Å². The summed E-state index contributed by atoms with van der Waals surface area (Å²) in [6, 6.07) is 2.68. The number of ether oxygens (including phenoxy) is 1. The van der Waals surface area contributed by atoms with Crippen molar-refractivity contribution in [3.05, 3.63) is 29.6 Å². The summed E-state index contributed by atoms with van der Waals surface area (Å²) in [6.07, 6.45) is 5.07. The molecule has 1 aromatic heterocycles. The normalized spacial score (nSPS) is 13.7. The number of nitrogens with zero attached hydrogens (tertiary/aromatic N) is 3. The molecule has 0 aliphatic carbocycles. The lowest BCUT2D eigenvalue weighted by Crippen LogP contribution is -2.49. The lowest BCUT2D eigenvalue weighted by Gasteiger charge is -2.27. The quantitative estimate of drug-likeness (QED) is 0.625. The van der Waals surface area contributed by atoms with E-state index in [0.29, 0.717) is 26.1 Å². The van der Waals surface area contributed by atoms with E-state index >= 15 is 0 Å². The fourth-order valence-electron chi connectivity index (χ4n) is 2.59. The third-order valence-electron chi connectivity index (χ3n) is 3.96. The maximum atomic E-state index is 12.6. The number of esters is 1. The number of nitrogens with one attached hydrogen (secondary N) is 1. The van der Waals surface area contributed by atoms with Gasteiger partial charge in [0.2, 0.25) is 0 Å². The number of pyridine rings is 1. The van der Waals surface area contributed by atoms with Crippen LogP contribution in [0.2, 0.25) is 0 Å². The zero-order chi connectivity index (χ0) is 18.2. The van der Waals surface area contributed by atoms with E-state index in [0.717, 1.165) is 19.3 Å². The highest BCUT2D eigenvalue weighted by Gasteiger charge is 2.31. The Morgan fingerprint density at radius 3 is 2.60 bits per heavy atom. The summed E-state index contributed by atoms with van der Waals surface area (Å²) >= 11 is 0. The summed E-state index contributed by atoms with van der Waals surface area (Å²) in [6.45, 7) is 3.64. The van der Waals surface area contributed by atoms with E-state index in [1.807, 2.05) is 0 Å². The van der Waals surface area contributed by atoms with E-state index in [-0.39, 0.29) is 23.2 Å². The van der Waals surface area contributed by atoms with Crippen molar-refractivity contribution in [2.75, 3.05) is 26.7 Å². The van der Waals surface area contributed by atoms with Crippen LogP contribution < -0.4 is 5.32 Å². The number of unbranched alkanes of at least 4 members (excludes halogenated alkanes) is 2. The molecule has 2 rings (SSSR count). The van der Waals surface area contributed by atoms with Gasteiger partial charge in [-0.2, -0.15) is 0 Å². The molecular formula is C17H24N4O4. The molecule has 1 aromatic rings. The number of amides is 3. The van der Waals surface area contributed by atoms with Crippen molar-refractivity contribution in [2.24, 2.45) is 0 Å². The molecule has 1 aliphatic heterocycles. The highest BCUT2D eigenvalue weighted by Crippen LogP contribution is 2.15. The van der Waals surface area contributed by atoms with Crippen LogP contribution in [-0.4, -0.2) is 59.7 Å². The Balaban J connectivity index is 1.99. The molecule has 0 bridgehead atoms. The number of methoxy groups -OCH3 is 1. The van der Waals surface area contributed by atoms with Crippen molar-refractivity contribution < 1.29 is 19.1 Å². The van der Waals surface area contributed by atoms with E-state index < -0.39 is 5.97 Å². The second-order valence-electron chi connectivity index (χ2n) is 5.77. The maximum Gasteiger partial charge on any atom is 0.339 e. The molecule has 0 aromatic carbocycles. The van der Waals surface area contributed by atoms with Gasteiger partial charge in [0.05, 0.1) is 12.7 Å². The molecule has 1 fully saturated rings. The summed E-state index contributed by atoms with van der Waals surface area (Å²) in [5.41, 5.74) is 0.448. The predicted octanol–water partition coefficient (Wildman–Crippen LogP) is 1.83. The molecule has 136 valence electrons. The number of urea groups is 1. The molecule has 0 atom stereocenters. The summed E-state index contributed by atoms with van der Waals surface area (Å²) in [5, 5.41) is 5.66. The molecule has 25 heavy (non-hydrogen) atoms. The second kappa shape index (κ2) is 9.00. The minimum absolute atomic E-state index is 0.179. The number of carbonyl (C=O) groups is 3. The van der Waals surface area contributed by atoms with Gasteiger partial charge in [0.25, 0.3) is 5.91 Å². The van der Waals surface area contributed by atoms with Crippen LogP contribution in [0.15, 0.2) is 18.3 Å². The summed E-state index contributed by atoms with van der Waals surface area (Å²) in [5.74, 6) is -0.877. The van der Waals surface area contributed by atoms with E-state index in [1.54, 1.807) is 0 Å². The molecule has 0 unspecified atom stereocenters. The number of rotatable bonds is 6. The van der Waals surface area contributed by atoms with E-state index in [4.69, 9.17) is 0 Å². The van der Waals surface area contributed by atoms with Gasteiger partial charge in [-0.25, -0.2) is 19.6 Å². The Morgan fingerprint density at radius 2 is 1.96 bits per heavy atom. The Hall–Kier alpha value is -2.64. The van der Waals surface area contributed by atoms with Crippen LogP contribution in [0.5, 0.6) is 0 Å². The third-order valence-corrected chi connectivity index (χ3v) is 3.96. The molecule has 8 nitrogen and oxygen atoms in total. The van der Waals surface area contributed by atoms with Gasteiger partial charge < -0.3 is 10.1 Å². The van der Waals surface area contributed by atoms with Gasteiger partial charge >= 0.3 is 12.0 Å². The van der Waals surface area contributed by atoms with E-state index in [1.165, 1.54) is 35.5 Å². The van der Waals surface area contributed by atoms with Gasteiger partial charge in [0.15, 0.2) is 0 Å². The number of hydrazine groups is 1. The Morgan fingerprint density at radius 1 is 1.20 bits per heavy atom. The Bertz CT molecular complexity index is 618. The van der Waals surface area contributed by atoms with Crippen molar-refractivity contribution in [3.63, 3.8) is 0 Å².